The second-order valence-corrected chi connectivity index (χ2v) is 5.12. The van der Waals surface area contributed by atoms with E-state index in [1.807, 2.05) is 36.4 Å². The fourth-order valence-electron chi connectivity index (χ4n) is 2.01. The molecule has 0 saturated heterocycles. The maximum atomic E-state index is 5.64. The van der Waals surface area contributed by atoms with Crippen molar-refractivity contribution in [1.29, 1.82) is 0 Å². The van der Waals surface area contributed by atoms with Crippen LogP contribution < -0.4 is 15.8 Å². The number of nitrogens with two attached hydrogens (primary N) is 1. The molecular formula is C14H12BrN5O. The van der Waals surface area contributed by atoms with Crippen molar-refractivity contribution in [1.82, 2.24) is 15.0 Å². The summed E-state index contributed by atoms with van der Waals surface area (Å²) in [7, 11) is 1.48. The fourth-order valence-corrected chi connectivity index (χ4v) is 2.49. The van der Waals surface area contributed by atoms with Crippen molar-refractivity contribution in [3.63, 3.8) is 0 Å². The molecule has 0 fully saturated rings. The van der Waals surface area contributed by atoms with Crippen LogP contribution in [0, 0.1) is 0 Å². The van der Waals surface area contributed by atoms with E-state index in [0.717, 1.165) is 20.9 Å². The van der Waals surface area contributed by atoms with E-state index in [0.29, 0.717) is 5.95 Å². The lowest BCUT2D eigenvalue weighted by Crippen LogP contribution is -2.05. The molecule has 2 aromatic carbocycles. The van der Waals surface area contributed by atoms with Crippen LogP contribution in [-0.4, -0.2) is 22.1 Å². The molecule has 6 nitrogen and oxygen atoms in total. The first-order chi connectivity index (χ1) is 10.2. The quantitative estimate of drug-likeness (QED) is 0.758. The summed E-state index contributed by atoms with van der Waals surface area (Å²) < 4.78 is 6.01. The second-order valence-electron chi connectivity index (χ2n) is 4.27. The molecular weight excluding hydrogens is 334 g/mol. The topological polar surface area (TPSA) is 86.0 Å². The number of nitrogen functional groups attached to an aromatic ring is 1. The minimum absolute atomic E-state index is 0.103. The number of methoxy groups -OCH3 is 1. The average Bonchev–Trinajstić information content (AvgIpc) is 2.50. The molecule has 0 unspecified atom stereocenters. The monoisotopic (exact) mass is 345 g/mol. The van der Waals surface area contributed by atoms with E-state index in [9.17, 15) is 0 Å². The number of hydrogen-bond acceptors (Lipinski definition) is 6. The van der Waals surface area contributed by atoms with Gasteiger partial charge in [0.2, 0.25) is 11.9 Å². The molecule has 0 saturated carbocycles. The Balaban J connectivity index is 2.06. The number of fused-ring (bicyclic) bond motifs is 1. The third-order valence-electron chi connectivity index (χ3n) is 2.93. The molecule has 3 N–H and O–H groups in total. The Bertz CT molecular complexity index is 808. The molecule has 3 rings (SSSR count). The molecule has 21 heavy (non-hydrogen) atoms. The van der Waals surface area contributed by atoms with Crippen LogP contribution in [0.15, 0.2) is 40.9 Å². The standard InChI is InChI=1S/C14H12BrN5O/c1-21-14-19-12(16)18-13(20-14)17-11-7-6-10(15)8-4-2-3-5-9(8)11/h2-7H,1H3,(H3,16,17,18,19,20). The van der Waals surface area contributed by atoms with Crippen molar-refractivity contribution in [2.24, 2.45) is 0 Å². The van der Waals surface area contributed by atoms with Gasteiger partial charge in [-0.15, -0.1) is 0 Å². The van der Waals surface area contributed by atoms with Gasteiger partial charge in [-0.1, -0.05) is 40.2 Å². The number of hydrogen-bond donors (Lipinski definition) is 2. The van der Waals surface area contributed by atoms with Gasteiger partial charge in [-0.3, -0.25) is 0 Å². The first-order valence-electron chi connectivity index (χ1n) is 6.17. The highest BCUT2D eigenvalue weighted by molar-refractivity contribution is 9.10. The van der Waals surface area contributed by atoms with Gasteiger partial charge in [0.05, 0.1) is 7.11 Å². The average molecular weight is 346 g/mol. The molecule has 0 atom stereocenters. The van der Waals surface area contributed by atoms with Gasteiger partial charge in [0, 0.05) is 15.5 Å². The Morgan fingerprint density at radius 1 is 1.05 bits per heavy atom. The van der Waals surface area contributed by atoms with Gasteiger partial charge in [0.1, 0.15) is 0 Å². The first kappa shape index (κ1) is 13.6. The molecule has 0 aliphatic carbocycles. The Labute approximate surface area is 129 Å². The third kappa shape index (κ3) is 2.73. The summed E-state index contributed by atoms with van der Waals surface area (Å²) in [5.74, 6) is 0.442. The fraction of sp³-hybridized carbons (Fsp3) is 0.0714. The zero-order valence-corrected chi connectivity index (χ0v) is 12.8. The minimum atomic E-state index is 0.103. The number of aromatic nitrogens is 3. The van der Waals surface area contributed by atoms with E-state index in [2.05, 4.69) is 36.2 Å². The molecule has 106 valence electrons. The summed E-state index contributed by atoms with van der Waals surface area (Å²) in [5, 5.41) is 5.29. The van der Waals surface area contributed by atoms with Gasteiger partial charge in [-0.05, 0) is 17.5 Å². The number of nitrogens with zero attached hydrogens (tertiary/aromatic N) is 3. The van der Waals surface area contributed by atoms with Crippen molar-refractivity contribution in [2.45, 2.75) is 0 Å². The smallest absolute Gasteiger partial charge is 0.322 e. The highest BCUT2D eigenvalue weighted by atomic mass is 79.9. The van der Waals surface area contributed by atoms with Crippen LogP contribution in [0.1, 0.15) is 0 Å². The van der Waals surface area contributed by atoms with Crippen LogP contribution in [0.3, 0.4) is 0 Å². The van der Waals surface area contributed by atoms with Gasteiger partial charge in [0.15, 0.2) is 0 Å². The highest BCUT2D eigenvalue weighted by Gasteiger charge is 2.08. The second kappa shape index (κ2) is 5.53. The molecule has 7 heteroatoms. The number of halogens is 1. The van der Waals surface area contributed by atoms with Crippen LogP contribution >= 0.6 is 15.9 Å². The number of nitrogens with one attached hydrogen (secondary N) is 1. The van der Waals surface area contributed by atoms with Crippen LogP contribution in [0.4, 0.5) is 17.6 Å². The Morgan fingerprint density at radius 2 is 1.81 bits per heavy atom. The van der Waals surface area contributed by atoms with Gasteiger partial charge in [0.25, 0.3) is 0 Å². The predicted octanol–water partition coefficient (Wildman–Crippen LogP) is 3.12. The van der Waals surface area contributed by atoms with Crippen LogP contribution in [0.5, 0.6) is 6.01 Å². The number of ether oxygens (including phenoxy) is 1. The zero-order chi connectivity index (χ0) is 14.8. The van der Waals surface area contributed by atoms with Crippen molar-refractivity contribution in [3.05, 3.63) is 40.9 Å². The van der Waals surface area contributed by atoms with Crippen molar-refractivity contribution >= 4 is 44.3 Å². The molecule has 0 bridgehead atoms. The van der Waals surface area contributed by atoms with Gasteiger partial charge < -0.3 is 15.8 Å². The van der Waals surface area contributed by atoms with E-state index >= 15 is 0 Å². The van der Waals surface area contributed by atoms with Crippen molar-refractivity contribution in [2.75, 3.05) is 18.2 Å². The van der Waals surface area contributed by atoms with Crippen molar-refractivity contribution < 1.29 is 4.74 Å². The van der Waals surface area contributed by atoms with Crippen LogP contribution in [0.25, 0.3) is 10.8 Å². The summed E-state index contributed by atoms with van der Waals surface area (Å²) in [6.45, 7) is 0. The molecule has 0 amide bonds. The lowest BCUT2D eigenvalue weighted by molar-refractivity contribution is 0.380. The molecule has 0 aliphatic heterocycles. The third-order valence-corrected chi connectivity index (χ3v) is 3.62. The van der Waals surface area contributed by atoms with Gasteiger partial charge in [-0.2, -0.15) is 15.0 Å². The van der Waals surface area contributed by atoms with E-state index in [4.69, 9.17) is 10.5 Å². The molecule has 0 radical (unpaired) electrons. The highest BCUT2D eigenvalue weighted by Crippen LogP contribution is 2.31. The maximum Gasteiger partial charge on any atom is 0.322 e. The Hall–Kier alpha value is -2.41. The van der Waals surface area contributed by atoms with Crippen molar-refractivity contribution in [3.8, 4) is 6.01 Å². The maximum absolute atomic E-state index is 5.64. The Morgan fingerprint density at radius 3 is 2.57 bits per heavy atom. The molecule has 3 aromatic rings. The number of rotatable bonds is 3. The van der Waals surface area contributed by atoms with E-state index < -0.39 is 0 Å². The van der Waals surface area contributed by atoms with Gasteiger partial charge >= 0.3 is 6.01 Å². The largest absolute Gasteiger partial charge is 0.467 e. The number of benzene rings is 2. The lowest BCUT2D eigenvalue weighted by atomic mass is 10.1. The Kier molecular flexibility index (Phi) is 3.57. The molecule has 0 aliphatic rings. The van der Waals surface area contributed by atoms with Crippen LogP contribution in [-0.2, 0) is 0 Å². The predicted molar refractivity (Wildman–Crippen MR) is 85.7 cm³/mol. The minimum Gasteiger partial charge on any atom is -0.467 e. The van der Waals surface area contributed by atoms with Gasteiger partial charge in [-0.25, -0.2) is 0 Å². The first-order valence-corrected chi connectivity index (χ1v) is 6.96. The summed E-state index contributed by atoms with van der Waals surface area (Å²) in [4.78, 5) is 12.0. The lowest BCUT2D eigenvalue weighted by Gasteiger charge is -2.10. The molecule has 1 heterocycles. The SMILES string of the molecule is COc1nc(N)nc(Nc2ccc(Br)c3ccccc23)n1. The molecule has 1 aromatic heterocycles. The number of anilines is 3. The summed E-state index contributed by atoms with van der Waals surface area (Å²) in [6, 6.07) is 12.1. The zero-order valence-electron chi connectivity index (χ0n) is 11.2. The van der Waals surface area contributed by atoms with E-state index in [1.165, 1.54) is 7.11 Å². The van der Waals surface area contributed by atoms with Crippen LogP contribution in [0.2, 0.25) is 0 Å². The summed E-state index contributed by atoms with van der Waals surface area (Å²) in [5.41, 5.74) is 6.51. The van der Waals surface area contributed by atoms with E-state index in [-0.39, 0.29) is 12.0 Å². The molecule has 0 spiro atoms. The summed E-state index contributed by atoms with van der Waals surface area (Å²) >= 11 is 3.54. The summed E-state index contributed by atoms with van der Waals surface area (Å²) in [6.07, 6.45) is 0. The van der Waals surface area contributed by atoms with E-state index in [1.54, 1.807) is 0 Å². The normalized spacial score (nSPS) is 10.6.